The Labute approximate surface area is 86.8 Å². The van der Waals surface area contributed by atoms with Gasteiger partial charge in [-0.15, -0.1) is 0 Å². The molecule has 3 nitrogen and oxygen atoms in total. The van der Waals surface area contributed by atoms with E-state index in [0.29, 0.717) is 0 Å². The predicted octanol–water partition coefficient (Wildman–Crippen LogP) is 1.67. The van der Waals surface area contributed by atoms with Crippen LogP contribution >= 0.6 is 0 Å². The van der Waals surface area contributed by atoms with E-state index in [9.17, 15) is 13.2 Å². The average molecular weight is 220 g/mol. The lowest BCUT2D eigenvalue weighted by Crippen LogP contribution is -2.19. The van der Waals surface area contributed by atoms with E-state index in [1.807, 2.05) is 13.8 Å². The van der Waals surface area contributed by atoms with Gasteiger partial charge in [-0.05, 0) is 5.92 Å². The topological polar surface area (TPSA) is 51.2 Å². The lowest BCUT2D eigenvalue weighted by Gasteiger charge is -2.07. The third-order valence-corrected chi connectivity index (χ3v) is 3.89. The summed E-state index contributed by atoms with van der Waals surface area (Å²) in [6.45, 7) is 7.30. The minimum absolute atomic E-state index is 0.00218. The molecule has 0 unspecified atom stereocenters. The van der Waals surface area contributed by atoms with E-state index in [0.717, 1.165) is 0 Å². The molecule has 0 saturated carbocycles. The monoisotopic (exact) mass is 220 g/mol. The molecule has 0 saturated heterocycles. The highest BCUT2D eigenvalue weighted by Crippen LogP contribution is 2.05. The van der Waals surface area contributed by atoms with Gasteiger partial charge in [-0.1, -0.05) is 27.7 Å². The van der Waals surface area contributed by atoms with Gasteiger partial charge in [-0.2, -0.15) is 0 Å². The number of carbonyl (C=O) groups excluding carboxylic acids is 1. The first-order valence-electron chi connectivity index (χ1n) is 4.97. The maximum absolute atomic E-state index is 11.4. The minimum Gasteiger partial charge on any atom is -0.299 e. The molecule has 0 N–H and O–H groups in total. The molecule has 0 aliphatic carbocycles. The number of sulfone groups is 1. The summed E-state index contributed by atoms with van der Waals surface area (Å²) in [5, 5.41) is 0. The van der Waals surface area contributed by atoms with Gasteiger partial charge in [0.15, 0.2) is 9.84 Å². The molecule has 0 spiro atoms. The number of rotatable bonds is 6. The average Bonchev–Trinajstić information content (AvgIpc) is 1.97. The second kappa shape index (κ2) is 5.49. The second-order valence-corrected chi connectivity index (χ2v) is 6.61. The summed E-state index contributed by atoms with van der Waals surface area (Å²) in [5.41, 5.74) is 0. The van der Waals surface area contributed by atoms with Crippen LogP contribution in [-0.2, 0) is 14.6 Å². The molecule has 0 amide bonds. The SMILES string of the molecule is CC(C)CS(=O)(=O)CCC(=O)C(C)C. The standard InChI is InChI=1S/C10H20O3S/c1-8(2)7-14(12,13)6-5-10(11)9(3)4/h8-9H,5-7H2,1-4H3. The van der Waals surface area contributed by atoms with Gasteiger partial charge in [0.1, 0.15) is 5.78 Å². The molecule has 4 heteroatoms. The van der Waals surface area contributed by atoms with Crippen molar-refractivity contribution >= 4 is 15.6 Å². The smallest absolute Gasteiger partial charge is 0.151 e. The molecule has 0 aliphatic heterocycles. The highest BCUT2D eigenvalue weighted by atomic mass is 32.2. The molecule has 0 aromatic carbocycles. The van der Waals surface area contributed by atoms with Gasteiger partial charge in [0, 0.05) is 12.3 Å². The van der Waals surface area contributed by atoms with Crippen LogP contribution in [0.1, 0.15) is 34.1 Å². The van der Waals surface area contributed by atoms with Crippen LogP contribution in [0.2, 0.25) is 0 Å². The van der Waals surface area contributed by atoms with Crippen molar-refractivity contribution < 1.29 is 13.2 Å². The molecular weight excluding hydrogens is 200 g/mol. The Hall–Kier alpha value is -0.380. The molecule has 0 aliphatic rings. The Morgan fingerprint density at radius 2 is 1.64 bits per heavy atom. The van der Waals surface area contributed by atoms with Crippen molar-refractivity contribution in [1.29, 1.82) is 0 Å². The van der Waals surface area contributed by atoms with Gasteiger partial charge >= 0.3 is 0 Å². The molecule has 0 aromatic heterocycles. The fourth-order valence-electron chi connectivity index (χ4n) is 1.14. The number of hydrogen-bond donors (Lipinski definition) is 0. The third-order valence-electron chi connectivity index (χ3n) is 1.89. The summed E-state index contributed by atoms with van der Waals surface area (Å²) < 4.78 is 22.8. The summed E-state index contributed by atoms with van der Waals surface area (Å²) in [7, 11) is -3.03. The fourth-order valence-corrected chi connectivity index (χ4v) is 2.83. The van der Waals surface area contributed by atoms with Crippen LogP contribution in [0, 0.1) is 11.8 Å². The normalized spacial score (nSPS) is 12.4. The molecule has 84 valence electrons. The van der Waals surface area contributed by atoms with Gasteiger partial charge in [0.2, 0.25) is 0 Å². The highest BCUT2D eigenvalue weighted by Gasteiger charge is 2.16. The zero-order valence-corrected chi connectivity index (χ0v) is 10.2. The highest BCUT2D eigenvalue weighted by molar-refractivity contribution is 7.91. The number of ketones is 1. The zero-order valence-electron chi connectivity index (χ0n) is 9.41. The summed E-state index contributed by atoms with van der Waals surface area (Å²) in [6.07, 6.45) is 0.159. The van der Waals surface area contributed by atoms with E-state index in [1.165, 1.54) is 0 Å². The van der Waals surface area contributed by atoms with Crippen molar-refractivity contribution in [3.63, 3.8) is 0 Å². The van der Waals surface area contributed by atoms with E-state index < -0.39 is 9.84 Å². The van der Waals surface area contributed by atoms with Crippen LogP contribution in [0.5, 0.6) is 0 Å². The van der Waals surface area contributed by atoms with Crippen LogP contribution < -0.4 is 0 Å². The van der Waals surface area contributed by atoms with Gasteiger partial charge in [0.25, 0.3) is 0 Å². The minimum atomic E-state index is -3.03. The van der Waals surface area contributed by atoms with E-state index in [1.54, 1.807) is 13.8 Å². The van der Waals surface area contributed by atoms with Crippen LogP contribution in [0.4, 0.5) is 0 Å². The Bertz CT molecular complexity index is 276. The predicted molar refractivity (Wildman–Crippen MR) is 58.0 cm³/mol. The van der Waals surface area contributed by atoms with Crippen LogP contribution in [0.25, 0.3) is 0 Å². The molecule has 0 fully saturated rings. The summed E-state index contributed by atoms with van der Waals surface area (Å²) in [5.74, 6) is 0.274. The number of carbonyl (C=O) groups is 1. The van der Waals surface area contributed by atoms with Gasteiger partial charge < -0.3 is 0 Å². The van der Waals surface area contributed by atoms with Crippen molar-refractivity contribution in [2.45, 2.75) is 34.1 Å². The zero-order chi connectivity index (χ0) is 11.4. The lowest BCUT2D eigenvalue weighted by molar-refractivity contribution is -0.121. The van der Waals surface area contributed by atoms with Crippen molar-refractivity contribution in [1.82, 2.24) is 0 Å². The van der Waals surface area contributed by atoms with Crippen molar-refractivity contribution in [2.24, 2.45) is 11.8 Å². The molecule has 0 heterocycles. The van der Waals surface area contributed by atoms with E-state index in [-0.39, 0.29) is 35.5 Å². The molecule has 0 atom stereocenters. The third kappa shape index (κ3) is 6.13. The van der Waals surface area contributed by atoms with Crippen molar-refractivity contribution in [3.05, 3.63) is 0 Å². The van der Waals surface area contributed by atoms with E-state index in [2.05, 4.69) is 0 Å². The van der Waals surface area contributed by atoms with Crippen LogP contribution in [0.15, 0.2) is 0 Å². The number of hydrogen-bond acceptors (Lipinski definition) is 3. The number of Topliss-reactive ketones (excluding diaryl/α,β-unsaturated/α-hetero) is 1. The van der Waals surface area contributed by atoms with Crippen molar-refractivity contribution in [3.8, 4) is 0 Å². The Morgan fingerprint density at radius 1 is 1.14 bits per heavy atom. The molecule has 0 bridgehead atoms. The molecule has 14 heavy (non-hydrogen) atoms. The Balaban J connectivity index is 4.07. The molecule has 0 radical (unpaired) electrons. The first-order valence-corrected chi connectivity index (χ1v) is 6.80. The largest absolute Gasteiger partial charge is 0.299 e. The van der Waals surface area contributed by atoms with Gasteiger partial charge in [-0.3, -0.25) is 4.79 Å². The molecule has 0 aromatic rings. The van der Waals surface area contributed by atoms with Crippen molar-refractivity contribution in [2.75, 3.05) is 11.5 Å². The molecular formula is C10H20O3S. The summed E-state index contributed by atoms with van der Waals surface area (Å²) in [4.78, 5) is 11.2. The Morgan fingerprint density at radius 3 is 2.00 bits per heavy atom. The fraction of sp³-hybridized carbons (Fsp3) is 0.900. The van der Waals surface area contributed by atoms with E-state index >= 15 is 0 Å². The summed E-state index contributed by atoms with van der Waals surface area (Å²) >= 11 is 0. The maximum atomic E-state index is 11.4. The van der Waals surface area contributed by atoms with E-state index in [4.69, 9.17) is 0 Å². The first kappa shape index (κ1) is 13.6. The second-order valence-electron chi connectivity index (χ2n) is 4.38. The first-order chi connectivity index (χ1) is 6.24. The van der Waals surface area contributed by atoms with Crippen LogP contribution in [-0.4, -0.2) is 25.7 Å². The lowest BCUT2D eigenvalue weighted by atomic mass is 10.1. The summed E-state index contributed by atoms with van der Waals surface area (Å²) in [6, 6.07) is 0. The van der Waals surface area contributed by atoms with Crippen LogP contribution in [0.3, 0.4) is 0 Å². The Kier molecular flexibility index (Phi) is 5.34. The maximum Gasteiger partial charge on any atom is 0.151 e. The quantitative estimate of drug-likeness (QED) is 0.684. The van der Waals surface area contributed by atoms with Gasteiger partial charge in [0.05, 0.1) is 11.5 Å². The van der Waals surface area contributed by atoms with Gasteiger partial charge in [-0.25, -0.2) is 8.42 Å². The molecule has 0 rings (SSSR count).